The van der Waals surface area contributed by atoms with Crippen molar-refractivity contribution in [3.8, 4) is 0 Å². The quantitative estimate of drug-likeness (QED) is 0.190. The number of aldehydes is 1. The Hall–Kier alpha value is -0.840. The van der Waals surface area contributed by atoms with E-state index in [1.54, 1.807) is 0 Å². The number of carbonyl (C=O) groups is 1. The maximum absolute atomic E-state index is 9.90. The summed E-state index contributed by atoms with van der Waals surface area (Å²) in [5.41, 5.74) is 9.24. The molecule has 9 N–H and O–H groups in total. The van der Waals surface area contributed by atoms with Crippen LogP contribution < -0.4 is 11.5 Å². The van der Waals surface area contributed by atoms with Crippen molar-refractivity contribution in [1.29, 1.82) is 0 Å². The highest BCUT2D eigenvalue weighted by molar-refractivity contribution is 7.80. The third kappa shape index (κ3) is 8.47. The monoisotopic (exact) mass is 256 g/mol. The van der Waals surface area contributed by atoms with Crippen molar-refractivity contribution in [2.75, 3.05) is 6.61 Å². The lowest BCUT2D eigenvalue weighted by molar-refractivity contribution is -0.136. The second-order valence-corrected chi connectivity index (χ2v) is 3.23. The topological polar surface area (TPSA) is 170 Å². The maximum atomic E-state index is 9.90. The Morgan fingerprint density at radius 3 is 1.81 bits per heavy atom. The van der Waals surface area contributed by atoms with Crippen molar-refractivity contribution in [3.63, 3.8) is 0 Å². The minimum absolute atomic E-state index is 0.000000000000000222. The van der Waals surface area contributed by atoms with E-state index in [0.717, 1.165) is 0 Å². The molecule has 0 rings (SSSR count). The molecule has 4 unspecified atom stereocenters. The lowest BCUT2D eigenvalue weighted by Gasteiger charge is -2.22. The van der Waals surface area contributed by atoms with Gasteiger partial charge in [-0.2, -0.15) is 0 Å². The number of carbonyl (C=O) groups excluding carboxylic acids is 1. The summed E-state index contributed by atoms with van der Waals surface area (Å²) >= 11 is 4.09. The van der Waals surface area contributed by atoms with Crippen molar-refractivity contribution in [3.05, 3.63) is 0 Å². The predicted molar refractivity (Wildman–Crippen MR) is 58.1 cm³/mol. The molecular weight excluding hydrogens is 240 g/mol. The van der Waals surface area contributed by atoms with Crippen molar-refractivity contribution < 1.29 is 30.3 Å². The van der Waals surface area contributed by atoms with E-state index in [2.05, 4.69) is 23.7 Å². The Morgan fingerprint density at radius 2 is 1.56 bits per heavy atom. The van der Waals surface area contributed by atoms with Gasteiger partial charge in [-0.15, -0.1) is 0 Å². The molecule has 9 heteroatoms. The molecule has 0 bridgehead atoms. The molecule has 0 radical (unpaired) electrons. The fourth-order valence-corrected chi connectivity index (χ4v) is 0.618. The molecule has 0 aromatic rings. The van der Waals surface area contributed by atoms with Gasteiger partial charge < -0.3 is 41.8 Å². The highest BCUT2D eigenvalue weighted by atomic mass is 32.1. The zero-order valence-corrected chi connectivity index (χ0v) is 9.12. The van der Waals surface area contributed by atoms with Crippen LogP contribution in [-0.4, -0.2) is 68.0 Å². The highest BCUT2D eigenvalue weighted by Crippen LogP contribution is 2.02. The smallest absolute Gasteiger partial charge is 0.160 e. The van der Waals surface area contributed by atoms with E-state index >= 15 is 0 Å². The molecule has 0 heterocycles. The first kappa shape index (κ1) is 17.6. The molecular formula is C7H16N2O6S. The first-order chi connectivity index (χ1) is 7.27. The van der Waals surface area contributed by atoms with Crippen molar-refractivity contribution >= 4 is 23.6 Å². The second-order valence-electron chi connectivity index (χ2n) is 2.76. The van der Waals surface area contributed by atoms with Crippen LogP contribution in [0.2, 0.25) is 0 Å². The van der Waals surface area contributed by atoms with Crippen LogP contribution in [0.4, 0.5) is 0 Å². The van der Waals surface area contributed by atoms with Crippen LogP contribution in [0.1, 0.15) is 0 Å². The minimum atomic E-state index is -1.79. The summed E-state index contributed by atoms with van der Waals surface area (Å²) in [6.45, 7) is -0.760. The summed E-state index contributed by atoms with van der Waals surface area (Å²) in [5, 5.41) is 43.5. The van der Waals surface area contributed by atoms with Crippen molar-refractivity contribution in [1.82, 2.24) is 0 Å². The van der Waals surface area contributed by atoms with E-state index in [0.29, 0.717) is 0 Å². The molecule has 0 aromatic heterocycles. The van der Waals surface area contributed by atoms with E-state index in [1.165, 1.54) is 0 Å². The predicted octanol–water partition coefficient (Wildman–Crippen LogP) is -4.19. The summed E-state index contributed by atoms with van der Waals surface area (Å²) in [6.07, 6.45) is -6.84. The summed E-state index contributed by atoms with van der Waals surface area (Å²) in [7, 11) is 0. The molecule has 0 aliphatic rings. The van der Waals surface area contributed by atoms with Gasteiger partial charge in [0.25, 0.3) is 0 Å². The Balaban J connectivity index is 0. The molecule has 16 heavy (non-hydrogen) atoms. The van der Waals surface area contributed by atoms with E-state index < -0.39 is 31.0 Å². The lowest BCUT2D eigenvalue weighted by Crippen LogP contribution is -2.46. The Labute approximate surface area is 97.1 Å². The van der Waals surface area contributed by atoms with Gasteiger partial charge >= 0.3 is 0 Å². The average Bonchev–Trinajstić information content (AvgIpc) is 2.24. The van der Waals surface area contributed by atoms with Crippen LogP contribution >= 0.6 is 12.2 Å². The van der Waals surface area contributed by atoms with Gasteiger partial charge in [0.05, 0.1) is 6.61 Å². The first-order valence-electron chi connectivity index (χ1n) is 4.11. The number of aliphatic hydroxyl groups excluding tert-OH is 5. The number of thiocarbonyl (C=S) groups is 1. The zero-order chi connectivity index (χ0) is 13.3. The second kappa shape index (κ2) is 9.39. The number of nitrogens with two attached hydrogens (primary N) is 2. The molecule has 0 saturated carbocycles. The Bertz CT molecular complexity index is 213. The van der Waals surface area contributed by atoms with Gasteiger partial charge in [0, 0.05) is 0 Å². The molecule has 0 spiro atoms. The lowest BCUT2D eigenvalue weighted by atomic mass is 10.0. The van der Waals surface area contributed by atoms with Gasteiger partial charge in [-0.3, -0.25) is 0 Å². The van der Waals surface area contributed by atoms with Gasteiger partial charge in [-0.1, -0.05) is 0 Å². The van der Waals surface area contributed by atoms with Crippen molar-refractivity contribution in [2.24, 2.45) is 11.5 Å². The van der Waals surface area contributed by atoms with E-state index in [-0.39, 0.29) is 11.4 Å². The molecule has 8 nitrogen and oxygen atoms in total. The van der Waals surface area contributed by atoms with Crippen LogP contribution in [-0.2, 0) is 4.79 Å². The van der Waals surface area contributed by atoms with Crippen LogP contribution in [0.25, 0.3) is 0 Å². The van der Waals surface area contributed by atoms with Gasteiger partial charge in [-0.25, -0.2) is 0 Å². The van der Waals surface area contributed by atoms with Crippen molar-refractivity contribution in [2.45, 2.75) is 24.4 Å². The molecule has 96 valence electrons. The number of hydrogen-bond acceptors (Lipinski definition) is 7. The highest BCUT2D eigenvalue weighted by Gasteiger charge is 2.29. The fraction of sp³-hybridized carbons (Fsp3) is 0.714. The zero-order valence-electron chi connectivity index (χ0n) is 8.30. The SMILES string of the molecule is NC(N)=S.O=CC(O)C(O)C(O)C(O)CO. The Kier molecular flexibility index (Phi) is 10.3. The average molecular weight is 256 g/mol. The fourth-order valence-electron chi connectivity index (χ4n) is 0.618. The van der Waals surface area contributed by atoms with Crippen LogP contribution in [0.5, 0.6) is 0 Å². The Morgan fingerprint density at radius 1 is 1.19 bits per heavy atom. The normalized spacial score (nSPS) is 17.3. The molecule has 4 atom stereocenters. The maximum Gasteiger partial charge on any atom is 0.160 e. The van der Waals surface area contributed by atoms with E-state index in [9.17, 15) is 4.79 Å². The van der Waals surface area contributed by atoms with Crippen LogP contribution in [0, 0.1) is 0 Å². The molecule has 0 amide bonds. The van der Waals surface area contributed by atoms with Gasteiger partial charge in [0.1, 0.15) is 24.4 Å². The largest absolute Gasteiger partial charge is 0.394 e. The minimum Gasteiger partial charge on any atom is -0.394 e. The van der Waals surface area contributed by atoms with Gasteiger partial charge in [0.2, 0.25) is 0 Å². The molecule has 0 aromatic carbocycles. The molecule has 0 saturated heterocycles. The molecule has 0 aliphatic heterocycles. The summed E-state index contributed by atoms with van der Waals surface area (Å²) in [5.74, 6) is 0. The van der Waals surface area contributed by atoms with Gasteiger partial charge in [0.15, 0.2) is 11.4 Å². The summed E-state index contributed by atoms with van der Waals surface area (Å²) in [6, 6.07) is 0. The third-order valence-corrected chi connectivity index (χ3v) is 1.42. The number of rotatable bonds is 5. The number of hydrogen-bond donors (Lipinski definition) is 7. The van der Waals surface area contributed by atoms with Crippen LogP contribution in [0.3, 0.4) is 0 Å². The third-order valence-electron chi connectivity index (χ3n) is 1.42. The summed E-state index contributed by atoms with van der Waals surface area (Å²) in [4.78, 5) is 9.90. The van der Waals surface area contributed by atoms with E-state index in [1.807, 2.05) is 0 Å². The van der Waals surface area contributed by atoms with Crippen LogP contribution in [0.15, 0.2) is 0 Å². The first-order valence-corrected chi connectivity index (χ1v) is 4.52. The standard InChI is InChI=1S/C6H12O6.CH4N2S/c7-1-3(9)5(11)6(12)4(10)2-8;2-1(3)4/h1,3-6,8-12H,2H2;(H4,2,3,4). The van der Waals surface area contributed by atoms with Gasteiger partial charge in [-0.05, 0) is 12.2 Å². The van der Waals surface area contributed by atoms with E-state index in [4.69, 9.17) is 25.5 Å². The number of aliphatic hydroxyl groups is 5. The molecule has 0 aliphatic carbocycles. The molecule has 0 fully saturated rings. The summed E-state index contributed by atoms with van der Waals surface area (Å²) < 4.78 is 0.